The van der Waals surface area contributed by atoms with Crippen molar-refractivity contribution in [3.05, 3.63) is 0 Å². The van der Waals surface area contributed by atoms with Gasteiger partial charge in [-0.25, -0.2) is 0 Å². The highest BCUT2D eigenvalue weighted by Gasteiger charge is 2.52. The van der Waals surface area contributed by atoms with Gasteiger partial charge >= 0.3 is 0 Å². The topological polar surface area (TPSA) is 55.6 Å². The van der Waals surface area contributed by atoms with E-state index in [0.717, 1.165) is 23.7 Å². The third-order valence-corrected chi connectivity index (χ3v) is 6.42. The Morgan fingerprint density at radius 1 is 1.15 bits per heavy atom. The Balaban J connectivity index is 1.53. The molecule has 0 radical (unpaired) electrons. The summed E-state index contributed by atoms with van der Waals surface area (Å²) in [4.78, 5) is 14.8. The molecule has 4 aliphatic carbocycles. The van der Waals surface area contributed by atoms with Gasteiger partial charge in [0.05, 0.1) is 6.61 Å². The molecule has 0 spiro atoms. The summed E-state index contributed by atoms with van der Waals surface area (Å²) < 4.78 is 5.36. The Morgan fingerprint density at radius 2 is 1.75 bits per heavy atom. The molecule has 5 rings (SSSR count). The maximum Gasteiger partial charge on any atom is 0.245 e. The molecule has 1 amide bonds. The molecular formula is C16H26N2O2. The number of carbonyl (C=O) groups is 1. The average Bonchev–Trinajstić information content (AvgIpc) is 2.84. The molecule has 1 atom stereocenters. The molecule has 0 aromatic heterocycles. The van der Waals surface area contributed by atoms with Gasteiger partial charge in [-0.05, 0) is 62.2 Å². The van der Waals surface area contributed by atoms with Crippen LogP contribution >= 0.6 is 0 Å². The second-order valence-electron chi connectivity index (χ2n) is 7.80. The number of amides is 1. The van der Waals surface area contributed by atoms with Crippen LogP contribution in [0.3, 0.4) is 0 Å². The monoisotopic (exact) mass is 278 g/mol. The van der Waals surface area contributed by atoms with E-state index in [1.54, 1.807) is 0 Å². The molecule has 4 nitrogen and oxygen atoms in total. The van der Waals surface area contributed by atoms with Gasteiger partial charge in [0.1, 0.15) is 5.54 Å². The summed E-state index contributed by atoms with van der Waals surface area (Å²) in [5.74, 6) is 3.46. The van der Waals surface area contributed by atoms with Crippen molar-refractivity contribution in [2.75, 3.05) is 20.3 Å². The third-order valence-electron chi connectivity index (χ3n) is 6.42. The van der Waals surface area contributed by atoms with E-state index in [2.05, 4.69) is 0 Å². The first-order valence-electron chi connectivity index (χ1n) is 8.21. The van der Waals surface area contributed by atoms with Crippen molar-refractivity contribution in [3.63, 3.8) is 0 Å². The van der Waals surface area contributed by atoms with Crippen LogP contribution in [0, 0.1) is 23.7 Å². The van der Waals surface area contributed by atoms with Gasteiger partial charge in [0.2, 0.25) is 5.91 Å². The van der Waals surface area contributed by atoms with Gasteiger partial charge in [-0.1, -0.05) is 0 Å². The van der Waals surface area contributed by atoms with E-state index >= 15 is 0 Å². The zero-order valence-corrected chi connectivity index (χ0v) is 12.4. The predicted octanol–water partition coefficient (Wildman–Crippen LogP) is 1.39. The van der Waals surface area contributed by atoms with E-state index in [1.807, 2.05) is 11.9 Å². The van der Waals surface area contributed by atoms with Crippen LogP contribution in [0.1, 0.15) is 38.5 Å². The molecular weight excluding hydrogens is 252 g/mol. The van der Waals surface area contributed by atoms with Crippen LogP contribution in [0.5, 0.6) is 0 Å². The first kappa shape index (κ1) is 13.1. The molecule has 1 unspecified atom stereocenters. The van der Waals surface area contributed by atoms with Crippen LogP contribution in [-0.2, 0) is 9.53 Å². The normalized spacial score (nSPS) is 49.6. The number of nitrogens with zero attached hydrogens (tertiary/aromatic N) is 1. The van der Waals surface area contributed by atoms with Crippen LogP contribution in [0.25, 0.3) is 0 Å². The smallest absolute Gasteiger partial charge is 0.245 e. The lowest BCUT2D eigenvalue weighted by atomic mass is 9.54. The van der Waals surface area contributed by atoms with Gasteiger partial charge in [-0.3, -0.25) is 4.79 Å². The number of nitrogens with two attached hydrogens (primary N) is 1. The van der Waals surface area contributed by atoms with Crippen molar-refractivity contribution < 1.29 is 9.53 Å². The molecule has 112 valence electrons. The second kappa shape index (κ2) is 4.44. The minimum atomic E-state index is -0.761. The minimum Gasteiger partial charge on any atom is -0.379 e. The van der Waals surface area contributed by atoms with Gasteiger partial charge in [-0.2, -0.15) is 0 Å². The lowest BCUT2D eigenvalue weighted by Crippen LogP contribution is -2.62. The lowest BCUT2D eigenvalue weighted by Gasteiger charge is -2.57. The number of hydrogen-bond acceptors (Lipinski definition) is 3. The first-order chi connectivity index (χ1) is 9.57. The van der Waals surface area contributed by atoms with Gasteiger partial charge in [0.15, 0.2) is 0 Å². The zero-order chi connectivity index (χ0) is 13.9. The highest BCUT2D eigenvalue weighted by Crippen LogP contribution is 2.55. The summed E-state index contributed by atoms with van der Waals surface area (Å²) in [7, 11) is 1.99. The quantitative estimate of drug-likeness (QED) is 0.830. The fourth-order valence-corrected chi connectivity index (χ4v) is 5.76. The van der Waals surface area contributed by atoms with E-state index in [1.165, 1.54) is 32.1 Å². The molecule has 4 saturated carbocycles. The summed E-state index contributed by atoms with van der Waals surface area (Å²) in [6, 6.07) is 0.441. The van der Waals surface area contributed by atoms with Gasteiger partial charge in [0.25, 0.3) is 0 Å². The summed E-state index contributed by atoms with van der Waals surface area (Å²) >= 11 is 0. The number of carbonyl (C=O) groups excluding carboxylic acids is 1. The van der Waals surface area contributed by atoms with Crippen LogP contribution in [-0.4, -0.2) is 42.6 Å². The maximum absolute atomic E-state index is 12.8. The first-order valence-corrected chi connectivity index (χ1v) is 8.21. The largest absolute Gasteiger partial charge is 0.379 e. The number of hydrogen-bond donors (Lipinski definition) is 1. The molecule has 4 heteroatoms. The summed E-state index contributed by atoms with van der Waals surface area (Å²) in [5, 5.41) is 0. The van der Waals surface area contributed by atoms with Crippen molar-refractivity contribution >= 4 is 5.91 Å². The highest BCUT2D eigenvalue weighted by molar-refractivity contribution is 5.86. The summed E-state index contributed by atoms with van der Waals surface area (Å²) in [5.41, 5.74) is 5.52. The zero-order valence-electron chi connectivity index (χ0n) is 12.4. The van der Waals surface area contributed by atoms with Crippen molar-refractivity contribution in [3.8, 4) is 0 Å². The van der Waals surface area contributed by atoms with E-state index < -0.39 is 5.54 Å². The average molecular weight is 278 g/mol. The van der Waals surface area contributed by atoms with E-state index in [-0.39, 0.29) is 5.91 Å². The number of rotatable bonds is 2. The molecule has 1 saturated heterocycles. The SMILES string of the molecule is CN(C(=O)C1(N)CCOC1)C1C2CC3CC(C2)CC1C3. The van der Waals surface area contributed by atoms with E-state index in [4.69, 9.17) is 10.5 Å². The molecule has 0 aromatic rings. The van der Waals surface area contributed by atoms with Gasteiger partial charge < -0.3 is 15.4 Å². The molecule has 1 heterocycles. The Morgan fingerprint density at radius 3 is 2.25 bits per heavy atom. The van der Waals surface area contributed by atoms with Crippen molar-refractivity contribution in [2.24, 2.45) is 29.4 Å². The van der Waals surface area contributed by atoms with E-state index in [9.17, 15) is 4.79 Å². The predicted molar refractivity (Wildman–Crippen MR) is 76.0 cm³/mol. The standard InChI is InChI=1S/C16H26N2O2/c1-18(15(19)16(17)2-3-20-9-16)14-12-5-10-4-11(7-12)8-13(14)6-10/h10-14H,2-9,17H2,1H3. The van der Waals surface area contributed by atoms with Crippen molar-refractivity contribution in [2.45, 2.75) is 50.1 Å². The Hall–Kier alpha value is -0.610. The van der Waals surface area contributed by atoms with Gasteiger partial charge in [0, 0.05) is 19.7 Å². The highest BCUT2D eigenvalue weighted by atomic mass is 16.5. The lowest BCUT2D eigenvalue weighted by molar-refractivity contribution is -0.146. The second-order valence-corrected chi connectivity index (χ2v) is 7.80. The molecule has 5 aliphatic rings. The molecule has 4 bridgehead atoms. The molecule has 5 fully saturated rings. The Kier molecular flexibility index (Phi) is 2.90. The maximum atomic E-state index is 12.8. The number of ether oxygens (including phenoxy) is 1. The van der Waals surface area contributed by atoms with Crippen LogP contribution in [0.4, 0.5) is 0 Å². The van der Waals surface area contributed by atoms with Crippen molar-refractivity contribution in [1.82, 2.24) is 4.90 Å². The third kappa shape index (κ3) is 1.84. The Bertz CT molecular complexity index is 389. The fraction of sp³-hybridized carbons (Fsp3) is 0.938. The van der Waals surface area contributed by atoms with Gasteiger partial charge in [-0.15, -0.1) is 0 Å². The molecule has 1 aliphatic heterocycles. The molecule has 2 N–H and O–H groups in total. The van der Waals surface area contributed by atoms with E-state index in [0.29, 0.717) is 25.7 Å². The van der Waals surface area contributed by atoms with Crippen LogP contribution < -0.4 is 5.73 Å². The van der Waals surface area contributed by atoms with Crippen molar-refractivity contribution in [1.29, 1.82) is 0 Å². The summed E-state index contributed by atoms with van der Waals surface area (Å²) in [6.45, 7) is 1.02. The molecule has 0 aromatic carbocycles. The fourth-order valence-electron chi connectivity index (χ4n) is 5.76. The van der Waals surface area contributed by atoms with Crippen LogP contribution in [0.15, 0.2) is 0 Å². The summed E-state index contributed by atoms with van der Waals surface area (Å²) in [6.07, 6.45) is 7.47. The Labute approximate surface area is 121 Å². The number of likely N-dealkylation sites (N-methyl/N-ethyl adjacent to an activating group) is 1. The minimum absolute atomic E-state index is 0.118. The van der Waals surface area contributed by atoms with Crippen LogP contribution in [0.2, 0.25) is 0 Å². The molecule has 20 heavy (non-hydrogen) atoms.